The third-order valence-electron chi connectivity index (χ3n) is 6.15. The molecule has 3 aliphatic heterocycles. The Balaban J connectivity index is 0.000000384. The van der Waals surface area contributed by atoms with E-state index in [9.17, 15) is 26.4 Å². The number of aryl methyl sites for hydroxylation is 1. The maximum absolute atomic E-state index is 13.2. The van der Waals surface area contributed by atoms with E-state index in [2.05, 4.69) is 15.0 Å². The number of fused-ring (bicyclic) bond motifs is 1. The van der Waals surface area contributed by atoms with Crippen molar-refractivity contribution in [1.29, 1.82) is 0 Å². The quantitative estimate of drug-likeness (QED) is 0.616. The van der Waals surface area contributed by atoms with Crippen LogP contribution in [0, 0.1) is 6.92 Å². The number of rotatable bonds is 3. The molecule has 3 fully saturated rings. The van der Waals surface area contributed by atoms with Crippen molar-refractivity contribution in [3.63, 3.8) is 0 Å². The average molecular weight is 529 g/mol. The zero-order valence-electron chi connectivity index (χ0n) is 18.9. The Morgan fingerprint density at radius 3 is 2.44 bits per heavy atom. The molecular formula is C21H22F3N5O6S. The van der Waals surface area contributed by atoms with E-state index in [1.807, 2.05) is 0 Å². The van der Waals surface area contributed by atoms with Gasteiger partial charge in [-0.2, -0.15) is 17.5 Å². The SMILES string of the molecule is Cc1cnc(C(=O)N2C[C@H]3C[C@H]4[C@](C2)(CN(Cc2ccncc2)S4(=O)=O)O3)cn1.O=C(O)C(F)(F)F. The lowest BCUT2D eigenvalue weighted by Gasteiger charge is -2.39. The first-order valence-electron chi connectivity index (χ1n) is 10.8. The van der Waals surface area contributed by atoms with Crippen molar-refractivity contribution >= 4 is 21.9 Å². The number of carboxylic acids is 1. The largest absolute Gasteiger partial charge is 0.490 e. The number of hydrogen-bond donors (Lipinski definition) is 1. The second kappa shape index (κ2) is 9.37. The number of aliphatic carboxylic acids is 1. The Morgan fingerprint density at radius 1 is 1.19 bits per heavy atom. The van der Waals surface area contributed by atoms with Gasteiger partial charge in [-0.1, -0.05) is 0 Å². The van der Waals surface area contributed by atoms with E-state index in [1.165, 1.54) is 10.5 Å². The number of halogens is 3. The number of carbonyl (C=O) groups excluding carboxylic acids is 1. The molecule has 36 heavy (non-hydrogen) atoms. The zero-order chi connectivity index (χ0) is 26.3. The lowest BCUT2D eigenvalue weighted by molar-refractivity contribution is -0.192. The molecule has 3 aliphatic rings. The maximum Gasteiger partial charge on any atom is 0.490 e. The molecule has 2 bridgehead atoms. The lowest BCUT2D eigenvalue weighted by atomic mass is 9.99. The van der Waals surface area contributed by atoms with Crippen molar-refractivity contribution in [2.24, 2.45) is 0 Å². The van der Waals surface area contributed by atoms with Gasteiger partial charge >= 0.3 is 12.1 Å². The fraction of sp³-hybridized carbons (Fsp3) is 0.476. The number of hydrogen-bond acceptors (Lipinski definition) is 8. The summed E-state index contributed by atoms with van der Waals surface area (Å²) in [6.07, 6.45) is 1.35. The topological polar surface area (TPSA) is 143 Å². The van der Waals surface area contributed by atoms with Crippen molar-refractivity contribution in [2.75, 3.05) is 19.6 Å². The van der Waals surface area contributed by atoms with Crippen LogP contribution < -0.4 is 0 Å². The molecule has 0 aliphatic carbocycles. The Morgan fingerprint density at radius 2 is 1.86 bits per heavy atom. The van der Waals surface area contributed by atoms with Crippen LogP contribution in [0.5, 0.6) is 0 Å². The molecule has 2 aromatic heterocycles. The summed E-state index contributed by atoms with van der Waals surface area (Å²) in [5.74, 6) is -3.00. The number of carbonyl (C=O) groups is 2. The van der Waals surface area contributed by atoms with Crippen molar-refractivity contribution in [2.45, 2.75) is 43.0 Å². The molecule has 2 aromatic rings. The number of carboxylic acid groups (broad SMARTS) is 1. The normalized spacial score (nSPS) is 26.6. The highest BCUT2D eigenvalue weighted by Gasteiger charge is 2.65. The van der Waals surface area contributed by atoms with E-state index in [-0.39, 0.29) is 37.3 Å². The molecule has 1 amide bonds. The van der Waals surface area contributed by atoms with Crippen molar-refractivity contribution in [1.82, 2.24) is 24.2 Å². The van der Waals surface area contributed by atoms with Gasteiger partial charge in [-0.3, -0.25) is 14.8 Å². The summed E-state index contributed by atoms with van der Waals surface area (Å²) >= 11 is 0. The van der Waals surface area contributed by atoms with Gasteiger partial charge in [0.15, 0.2) is 0 Å². The number of nitrogens with zero attached hydrogens (tertiary/aromatic N) is 5. The number of alkyl halides is 3. The highest BCUT2D eigenvalue weighted by molar-refractivity contribution is 7.90. The van der Waals surface area contributed by atoms with Crippen LogP contribution in [0.25, 0.3) is 0 Å². The average Bonchev–Trinajstić information content (AvgIpc) is 3.18. The van der Waals surface area contributed by atoms with Gasteiger partial charge in [0.05, 0.1) is 24.5 Å². The molecule has 0 radical (unpaired) electrons. The first kappa shape index (κ1) is 25.9. The molecule has 3 atom stereocenters. The summed E-state index contributed by atoms with van der Waals surface area (Å²) in [4.78, 5) is 35.8. The standard InChI is InChI=1S/C19H21N5O4S.C2HF3O2/c1-13-7-22-16(8-21-13)18(25)23-10-15-6-17-19(11-23,28-15)12-24(29(17,26)27)9-14-2-4-20-5-3-14;3-2(4,5)1(6)7/h2-5,7-8,15,17H,6,9-12H2,1H3;(H,6,7)/t15-,17+,19+;/m1./s1. The minimum Gasteiger partial charge on any atom is -0.475 e. The summed E-state index contributed by atoms with van der Waals surface area (Å²) in [6, 6.07) is 3.61. The fourth-order valence-corrected chi connectivity index (χ4v) is 6.89. The van der Waals surface area contributed by atoms with E-state index in [0.29, 0.717) is 13.0 Å². The summed E-state index contributed by atoms with van der Waals surface area (Å²) in [5, 5.41) is 6.49. The Hall–Kier alpha value is -3.17. The van der Waals surface area contributed by atoms with Crippen molar-refractivity contribution in [3.8, 4) is 0 Å². The van der Waals surface area contributed by atoms with Gasteiger partial charge in [0.2, 0.25) is 10.0 Å². The highest BCUT2D eigenvalue weighted by Crippen LogP contribution is 2.47. The minimum atomic E-state index is -5.08. The predicted octanol–water partition coefficient (Wildman–Crippen LogP) is 1.01. The van der Waals surface area contributed by atoms with Crippen LogP contribution in [0.2, 0.25) is 0 Å². The Labute approximate surface area is 204 Å². The second-order valence-electron chi connectivity index (χ2n) is 8.73. The van der Waals surface area contributed by atoms with E-state index in [4.69, 9.17) is 14.6 Å². The molecule has 194 valence electrons. The van der Waals surface area contributed by atoms with Gasteiger partial charge in [-0.25, -0.2) is 18.2 Å². The van der Waals surface area contributed by atoms with Crippen LogP contribution in [0.1, 0.15) is 28.2 Å². The predicted molar refractivity (Wildman–Crippen MR) is 116 cm³/mol. The highest BCUT2D eigenvalue weighted by atomic mass is 32.2. The van der Waals surface area contributed by atoms with Crippen molar-refractivity contribution < 1.29 is 41.0 Å². The molecule has 15 heteroatoms. The first-order valence-corrected chi connectivity index (χ1v) is 12.3. The number of morpholine rings is 1. The van der Waals surface area contributed by atoms with Crippen LogP contribution in [-0.2, 0) is 26.1 Å². The Kier molecular flexibility index (Phi) is 6.74. The van der Waals surface area contributed by atoms with Gasteiger partial charge in [-0.15, -0.1) is 0 Å². The number of pyridine rings is 1. The fourth-order valence-electron chi connectivity index (χ4n) is 4.60. The summed E-state index contributed by atoms with van der Waals surface area (Å²) in [7, 11) is -3.52. The molecule has 1 spiro atoms. The zero-order valence-corrected chi connectivity index (χ0v) is 19.7. The molecule has 11 nitrogen and oxygen atoms in total. The third-order valence-corrected chi connectivity index (χ3v) is 8.47. The molecule has 0 saturated carbocycles. The van der Waals surface area contributed by atoms with E-state index in [0.717, 1.165) is 11.3 Å². The molecule has 5 rings (SSSR count). The number of aromatic nitrogens is 3. The van der Waals surface area contributed by atoms with Crippen LogP contribution in [0.3, 0.4) is 0 Å². The summed E-state index contributed by atoms with van der Waals surface area (Å²) < 4.78 is 65.8. The third kappa shape index (κ3) is 5.03. The van der Waals surface area contributed by atoms with Gasteiger partial charge in [0.1, 0.15) is 16.5 Å². The number of amides is 1. The van der Waals surface area contributed by atoms with E-state index >= 15 is 0 Å². The van der Waals surface area contributed by atoms with Crippen LogP contribution in [0.4, 0.5) is 13.2 Å². The van der Waals surface area contributed by atoms with E-state index in [1.54, 1.807) is 42.5 Å². The first-order chi connectivity index (χ1) is 16.8. The van der Waals surface area contributed by atoms with Crippen LogP contribution in [-0.4, -0.2) is 92.3 Å². The van der Waals surface area contributed by atoms with Gasteiger partial charge < -0.3 is 14.7 Å². The van der Waals surface area contributed by atoms with E-state index < -0.39 is 33.0 Å². The number of sulfonamides is 1. The smallest absolute Gasteiger partial charge is 0.475 e. The summed E-state index contributed by atoms with van der Waals surface area (Å²) in [5.41, 5.74) is 0.966. The molecule has 1 N–H and O–H groups in total. The number of ether oxygens (including phenoxy) is 1. The molecule has 0 aromatic carbocycles. The second-order valence-corrected chi connectivity index (χ2v) is 10.8. The van der Waals surface area contributed by atoms with Crippen LogP contribution >= 0.6 is 0 Å². The van der Waals surface area contributed by atoms with Gasteiger partial charge in [0.25, 0.3) is 5.91 Å². The summed E-state index contributed by atoms with van der Waals surface area (Å²) in [6.45, 7) is 2.92. The molecule has 0 unspecified atom stereocenters. The lowest BCUT2D eigenvalue weighted by Crippen LogP contribution is -2.56. The minimum absolute atomic E-state index is 0.231. The van der Waals surface area contributed by atoms with Gasteiger partial charge in [0, 0.05) is 38.2 Å². The Bertz CT molecular complexity index is 1240. The van der Waals surface area contributed by atoms with Crippen molar-refractivity contribution in [3.05, 3.63) is 53.9 Å². The maximum atomic E-state index is 13.2. The molecular weight excluding hydrogens is 507 g/mol. The monoisotopic (exact) mass is 529 g/mol. The van der Waals surface area contributed by atoms with Gasteiger partial charge in [-0.05, 0) is 31.0 Å². The molecule has 5 heterocycles. The number of likely N-dealkylation sites (tertiary alicyclic amines) is 1. The van der Waals surface area contributed by atoms with Crippen LogP contribution in [0.15, 0.2) is 36.9 Å². The molecule has 3 saturated heterocycles.